The molecule has 1 amide bonds. The summed E-state index contributed by atoms with van der Waals surface area (Å²) in [7, 11) is 0. The molecule has 0 aliphatic rings. The fourth-order valence-corrected chi connectivity index (χ4v) is 3.36. The van der Waals surface area contributed by atoms with Crippen molar-refractivity contribution in [3.8, 4) is 0 Å². The van der Waals surface area contributed by atoms with Gasteiger partial charge in [0.2, 0.25) is 5.91 Å². The number of anilines is 1. The third-order valence-electron chi connectivity index (χ3n) is 3.85. The van der Waals surface area contributed by atoms with Crippen molar-refractivity contribution in [1.82, 2.24) is 14.5 Å². The zero-order valence-electron chi connectivity index (χ0n) is 15.1. The molecule has 0 spiro atoms. The van der Waals surface area contributed by atoms with Crippen molar-refractivity contribution in [2.75, 3.05) is 5.32 Å². The molecule has 0 unspecified atom stereocenters. The molecule has 27 heavy (non-hydrogen) atoms. The number of benzene rings is 1. The van der Waals surface area contributed by atoms with Crippen molar-refractivity contribution in [1.29, 1.82) is 0 Å². The van der Waals surface area contributed by atoms with Gasteiger partial charge in [-0.15, -0.1) is 11.3 Å². The van der Waals surface area contributed by atoms with E-state index in [1.54, 1.807) is 35.1 Å². The Morgan fingerprint density at radius 3 is 2.78 bits per heavy atom. The number of hydrogen-bond acceptors (Lipinski definition) is 7. The molecule has 0 radical (unpaired) electrons. The Labute approximate surface area is 158 Å². The lowest BCUT2D eigenvalue weighted by molar-refractivity contribution is -0.114. The van der Waals surface area contributed by atoms with Gasteiger partial charge >= 0.3 is 5.97 Å². The van der Waals surface area contributed by atoms with Gasteiger partial charge in [0.1, 0.15) is 12.3 Å². The topological polar surface area (TPSA) is 103 Å². The van der Waals surface area contributed by atoms with Gasteiger partial charge in [-0.25, -0.2) is 14.8 Å². The number of esters is 1. The molecule has 2 heterocycles. The summed E-state index contributed by atoms with van der Waals surface area (Å²) in [6, 6.07) is 4.91. The maximum absolute atomic E-state index is 12.3. The second kappa shape index (κ2) is 7.67. The third kappa shape index (κ3) is 4.03. The van der Waals surface area contributed by atoms with E-state index in [1.807, 2.05) is 6.92 Å². The van der Waals surface area contributed by atoms with Crippen LogP contribution in [0.2, 0.25) is 0 Å². The van der Waals surface area contributed by atoms with Crippen LogP contribution in [0.4, 0.5) is 5.13 Å². The van der Waals surface area contributed by atoms with E-state index in [0.717, 1.165) is 0 Å². The van der Waals surface area contributed by atoms with E-state index in [2.05, 4.69) is 15.3 Å². The quantitative estimate of drug-likeness (QED) is 0.676. The molecule has 1 aromatic carbocycles. The molecule has 0 atom stereocenters. The van der Waals surface area contributed by atoms with Crippen molar-refractivity contribution in [3.63, 3.8) is 0 Å². The predicted molar refractivity (Wildman–Crippen MR) is 102 cm³/mol. The maximum Gasteiger partial charge on any atom is 0.338 e. The number of nitrogens with one attached hydrogen (secondary N) is 1. The smallest absolute Gasteiger partial charge is 0.338 e. The summed E-state index contributed by atoms with van der Waals surface area (Å²) in [4.78, 5) is 43.9. The van der Waals surface area contributed by atoms with Gasteiger partial charge in [-0.2, -0.15) is 0 Å². The number of carbonyl (C=O) groups excluding carboxylic acids is 2. The lowest BCUT2D eigenvalue weighted by Crippen LogP contribution is -2.23. The van der Waals surface area contributed by atoms with Gasteiger partial charge in [-0.1, -0.05) is 0 Å². The number of aryl methyl sites for hydroxylation is 2. The van der Waals surface area contributed by atoms with E-state index in [-0.39, 0.29) is 18.1 Å². The zero-order chi connectivity index (χ0) is 19.6. The van der Waals surface area contributed by atoms with Gasteiger partial charge in [0.15, 0.2) is 5.13 Å². The minimum Gasteiger partial charge on any atom is -0.456 e. The summed E-state index contributed by atoms with van der Waals surface area (Å²) < 4.78 is 6.90. The molecular weight excluding hydrogens is 368 g/mol. The number of nitrogens with zero attached hydrogens (tertiary/aromatic N) is 3. The first-order chi connectivity index (χ1) is 12.9. The number of carbonyl (C=O) groups is 2. The molecule has 9 heteroatoms. The highest BCUT2D eigenvalue weighted by molar-refractivity contribution is 7.13. The molecule has 0 aliphatic carbocycles. The van der Waals surface area contributed by atoms with Crippen LogP contribution in [0.15, 0.2) is 28.4 Å². The van der Waals surface area contributed by atoms with Gasteiger partial charge < -0.3 is 14.6 Å². The van der Waals surface area contributed by atoms with Gasteiger partial charge in [0.25, 0.3) is 5.56 Å². The molecule has 3 aromatic rings. The number of rotatable bonds is 5. The van der Waals surface area contributed by atoms with E-state index in [9.17, 15) is 14.4 Å². The van der Waals surface area contributed by atoms with Crippen molar-refractivity contribution in [2.24, 2.45) is 0 Å². The average Bonchev–Trinajstić information content (AvgIpc) is 3.07. The van der Waals surface area contributed by atoms with Crippen LogP contribution in [0.1, 0.15) is 35.6 Å². The predicted octanol–water partition coefficient (Wildman–Crippen LogP) is 2.50. The van der Waals surface area contributed by atoms with Gasteiger partial charge in [-0.05, 0) is 32.0 Å². The van der Waals surface area contributed by atoms with E-state index >= 15 is 0 Å². The highest BCUT2D eigenvalue weighted by Crippen LogP contribution is 2.18. The summed E-state index contributed by atoms with van der Waals surface area (Å²) in [5.41, 5.74) is 2.36. The summed E-state index contributed by atoms with van der Waals surface area (Å²) >= 11 is 1.26. The summed E-state index contributed by atoms with van der Waals surface area (Å²) in [6.07, 6.45) is 0. The Morgan fingerprint density at radius 2 is 2.07 bits per heavy atom. The lowest BCUT2D eigenvalue weighted by atomic mass is 10.2. The molecule has 8 nitrogen and oxygen atoms in total. The second-order valence-corrected chi connectivity index (χ2v) is 6.71. The van der Waals surface area contributed by atoms with Crippen LogP contribution < -0.4 is 10.9 Å². The number of hydrogen-bond donors (Lipinski definition) is 1. The fraction of sp³-hybridized carbons (Fsp3) is 0.278. The van der Waals surface area contributed by atoms with Gasteiger partial charge in [0, 0.05) is 18.8 Å². The first-order valence-electron chi connectivity index (χ1n) is 8.29. The van der Waals surface area contributed by atoms with E-state index in [1.165, 1.54) is 18.3 Å². The minimum atomic E-state index is -0.514. The second-order valence-electron chi connectivity index (χ2n) is 5.85. The molecule has 0 saturated carbocycles. The zero-order valence-corrected chi connectivity index (χ0v) is 15.9. The fourth-order valence-electron chi connectivity index (χ4n) is 2.62. The van der Waals surface area contributed by atoms with Crippen LogP contribution in [0, 0.1) is 6.92 Å². The van der Waals surface area contributed by atoms with E-state index in [0.29, 0.717) is 39.7 Å². The Balaban J connectivity index is 1.78. The average molecular weight is 386 g/mol. The molecule has 0 fully saturated rings. The van der Waals surface area contributed by atoms with Crippen molar-refractivity contribution >= 4 is 39.4 Å². The standard InChI is InChI=1S/C18H18N4O4S/c1-4-22-15-6-5-12(7-14(15)19-10(2)16(22)24)17(25)26-8-13-9-27-18(21-13)20-11(3)23/h5-7,9H,4,8H2,1-3H3,(H,20,21,23). The summed E-state index contributed by atoms with van der Waals surface area (Å²) in [6.45, 7) is 5.44. The molecule has 0 saturated heterocycles. The van der Waals surface area contributed by atoms with Crippen LogP contribution in [-0.4, -0.2) is 26.4 Å². The Bertz CT molecular complexity index is 1090. The molecule has 3 rings (SSSR count). The Morgan fingerprint density at radius 1 is 1.30 bits per heavy atom. The largest absolute Gasteiger partial charge is 0.456 e. The van der Waals surface area contributed by atoms with Crippen LogP contribution in [0.25, 0.3) is 11.0 Å². The van der Waals surface area contributed by atoms with E-state index < -0.39 is 5.97 Å². The van der Waals surface area contributed by atoms with Crippen molar-refractivity contribution in [2.45, 2.75) is 33.9 Å². The first kappa shape index (κ1) is 18.7. The highest BCUT2D eigenvalue weighted by atomic mass is 32.1. The Kier molecular flexibility index (Phi) is 5.31. The van der Waals surface area contributed by atoms with Crippen molar-refractivity contribution in [3.05, 3.63) is 50.9 Å². The van der Waals surface area contributed by atoms with Gasteiger partial charge in [0.05, 0.1) is 22.3 Å². The van der Waals surface area contributed by atoms with Crippen molar-refractivity contribution < 1.29 is 14.3 Å². The van der Waals surface area contributed by atoms with Crippen LogP contribution in [0.3, 0.4) is 0 Å². The minimum absolute atomic E-state index is 0.00608. The molecule has 0 bridgehead atoms. The van der Waals surface area contributed by atoms with E-state index in [4.69, 9.17) is 4.74 Å². The van der Waals surface area contributed by atoms with Crippen LogP contribution in [-0.2, 0) is 22.7 Å². The maximum atomic E-state index is 12.3. The molecular formula is C18H18N4O4S. The SMILES string of the molecule is CCn1c(=O)c(C)nc2cc(C(=O)OCc3csc(NC(C)=O)n3)ccc21. The summed E-state index contributed by atoms with van der Waals surface area (Å²) in [5.74, 6) is -0.725. The number of ether oxygens (including phenoxy) is 1. The molecule has 140 valence electrons. The number of aromatic nitrogens is 3. The lowest BCUT2D eigenvalue weighted by Gasteiger charge is -2.10. The molecule has 2 aromatic heterocycles. The number of fused-ring (bicyclic) bond motifs is 1. The number of thiazole rings is 1. The third-order valence-corrected chi connectivity index (χ3v) is 4.65. The molecule has 1 N–H and O–H groups in total. The first-order valence-corrected chi connectivity index (χ1v) is 9.17. The highest BCUT2D eigenvalue weighted by Gasteiger charge is 2.13. The Hall–Kier alpha value is -3.07. The molecule has 0 aliphatic heterocycles. The monoisotopic (exact) mass is 386 g/mol. The summed E-state index contributed by atoms with van der Waals surface area (Å²) in [5, 5.41) is 4.74. The van der Waals surface area contributed by atoms with Gasteiger partial charge in [-0.3, -0.25) is 9.59 Å². The number of amides is 1. The normalized spacial score (nSPS) is 10.8. The van der Waals surface area contributed by atoms with Crippen LogP contribution in [0.5, 0.6) is 0 Å². The van der Waals surface area contributed by atoms with Crippen LogP contribution >= 0.6 is 11.3 Å².